The molecule has 0 radical (unpaired) electrons. The molecule has 2 N–H and O–H groups in total. The van der Waals surface area contributed by atoms with E-state index in [2.05, 4.69) is 30.2 Å². The van der Waals surface area contributed by atoms with E-state index in [1.807, 2.05) is 0 Å². The molecule has 0 saturated carbocycles. The number of anilines is 1. The van der Waals surface area contributed by atoms with Crippen molar-refractivity contribution in [3.8, 4) is 17.5 Å². The van der Waals surface area contributed by atoms with Crippen molar-refractivity contribution >= 4 is 5.95 Å². The molecule has 3 heterocycles. The number of aromatic nitrogens is 8. The van der Waals surface area contributed by atoms with Crippen LogP contribution in [0.1, 0.15) is 0 Å². The van der Waals surface area contributed by atoms with Crippen LogP contribution in [0.25, 0.3) is 17.5 Å². The van der Waals surface area contributed by atoms with Crippen molar-refractivity contribution in [1.82, 2.24) is 39.5 Å². The van der Waals surface area contributed by atoms with Gasteiger partial charge in [-0.3, -0.25) is 4.57 Å². The van der Waals surface area contributed by atoms with Gasteiger partial charge in [-0.15, -0.1) is 5.10 Å². The lowest BCUT2D eigenvalue weighted by atomic mass is 10.4. The lowest BCUT2D eigenvalue weighted by Gasteiger charge is -2.04. The van der Waals surface area contributed by atoms with E-state index in [9.17, 15) is 0 Å². The van der Waals surface area contributed by atoms with Crippen molar-refractivity contribution in [2.75, 3.05) is 5.73 Å². The maximum absolute atomic E-state index is 5.68. The average molecular weight is 243 g/mol. The third-order valence-electron chi connectivity index (χ3n) is 2.32. The summed E-state index contributed by atoms with van der Waals surface area (Å²) in [7, 11) is 1.75. The van der Waals surface area contributed by atoms with Crippen LogP contribution in [0.3, 0.4) is 0 Å². The monoisotopic (exact) mass is 243 g/mol. The third-order valence-corrected chi connectivity index (χ3v) is 2.32. The Morgan fingerprint density at radius 3 is 2.78 bits per heavy atom. The van der Waals surface area contributed by atoms with Gasteiger partial charge < -0.3 is 5.73 Å². The molecule has 3 rings (SSSR count). The smallest absolute Gasteiger partial charge is 0.240 e. The highest BCUT2D eigenvalue weighted by molar-refractivity contribution is 5.50. The van der Waals surface area contributed by atoms with Crippen LogP contribution in [-0.2, 0) is 7.05 Å². The van der Waals surface area contributed by atoms with Gasteiger partial charge in [-0.05, 0) is 0 Å². The molecule has 0 aromatic carbocycles. The van der Waals surface area contributed by atoms with Crippen LogP contribution in [0.15, 0.2) is 24.9 Å². The second-order valence-electron chi connectivity index (χ2n) is 3.53. The quantitative estimate of drug-likeness (QED) is 0.641. The van der Waals surface area contributed by atoms with E-state index in [0.29, 0.717) is 17.5 Å². The number of aryl methyl sites for hydroxylation is 1. The molecule has 9 nitrogen and oxygen atoms in total. The topological polar surface area (TPSA) is 113 Å². The third kappa shape index (κ3) is 1.67. The fourth-order valence-corrected chi connectivity index (χ4v) is 1.48. The van der Waals surface area contributed by atoms with Crippen LogP contribution in [0.5, 0.6) is 0 Å². The fourth-order valence-electron chi connectivity index (χ4n) is 1.48. The van der Waals surface area contributed by atoms with E-state index in [4.69, 9.17) is 5.73 Å². The molecular weight excluding hydrogens is 234 g/mol. The van der Waals surface area contributed by atoms with Gasteiger partial charge in [0.15, 0.2) is 5.82 Å². The van der Waals surface area contributed by atoms with E-state index >= 15 is 0 Å². The predicted molar refractivity (Wildman–Crippen MR) is 61.4 cm³/mol. The molecule has 18 heavy (non-hydrogen) atoms. The van der Waals surface area contributed by atoms with Crippen LogP contribution >= 0.6 is 0 Å². The molecule has 3 aromatic rings. The summed E-state index contributed by atoms with van der Waals surface area (Å²) in [5.74, 6) is 0.944. The fraction of sp³-hybridized carbons (Fsp3) is 0.111. The highest BCUT2D eigenvalue weighted by Gasteiger charge is 2.11. The van der Waals surface area contributed by atoms with Gasteiger partial charge in [-0.2, -0.15) is 15.0 Å². The minimum Gasteiger partial charge on any atom is -0.368 e. The van der Waals surface area contributed by atoms with Crippen molar-refractivity contribution in [2.24, 2.45) is 7.05 Å². The highest BCUT2D eigenvalue weighted by Crippen LogP contribution is 2.14. The first-order chi connectivity index (χ1) is 8.74. The minimum absolute atomic E-state index is 0.130. The largest absolute Gasteiger partial charge is 0.368 e. The summed E-state index contributed by atoms with van der Waals surface area (Å²) in [4.78, 5) is 16.3. The Kier molecular flexibility index (Phi) is 2.22. The number of imidazole rings is 1. The van der Waals surface area contributed by atoms with Gasteiger partial charge in [0.25, 0.3) is 0 Å². The standard InChI is InChI=1S/C9H9N9/c1-17-6(4-12-16-17)7-13-8(10)15-9(14-7)18-3-2-11-5-18/h2-5H,1H3,(H2,10,13,14,15). The first kappa shape index (κ1) is 10.3. The highest BCUT2D eigenvalue weighted by atomic mass is 15.4. The lowest BCUT2D eigenvalue weighted by Crippen LogP contribution is -2.08. The molecule has 0 atom stereocenters. The average Bonchev–Trinajstić information content (AvgIpc) is 2.98. The SMILES string of the molecule is Cn1nncc1-c1nc(N)nc(-n2ccnc2)n1. The van der Waals surface area contributed by atoms with Crippen LogP contribution in [-0.4, -0.2) is 39.5 Å². The molecule has 0 fully saturated rings. The predicted octanol–water partition coefficient (Wildman–Crippen LogP) is -0.565. The number of nitrogen functional groups attached to an aromatic ring is 1. The summed E-state index contributed by atoms with van der Waals surface area (Å²) in [5, 5.41) is 7.59. The number of nitrogens with two attached hydrogens (primary N) is 1. The Balaban J connectivity index is 2.15. The van der Waals surface area contributed by atoms with E-state index in [0.717, 1.165) is 0 Å². The molecule has 90 valence electrons. The number of hydrogen-bond donors (Lipinski definition) is 1. The summed E-state index contributed by atoms with van der Waals surface area (Å²) in [6.07, 6.45) is 6.50. The van der Waals surface area contributed by atoms with Gasteiger partial charge in [0.2, 0.25) is 11.9 Å². The first-order valence-electron chi connectivity index (χ1n) is 5.09. The molecule has 0 aliphatic rings. The summed E-state index contributed by atoms with van der Waals surface area (Å²) in [5.41, 5.74) is 6.33. The van der Waals surface area contributed by atoms with Crippen molar-refractivity contribution in [3.05, 3.63) is 24.9 Å². The summed E-state index contributed by atoms with van der Waals surface area (Å²) in [6.45, 7) is 0. The van der Waals surface area contributed by atoms with Gasteiger partial charge in [0, 0.05) is 19.4 Å². The molecule has 9 heteroatoms. The van der Waals surface area contributed by atoms with Gasteiger partial charge in [0.05, 0.1) is 6.20 Å². The molecule has 0 aliphatic carbocycles. The first-order valence-corrected chi connectivity index (χ1v) is 5.09. The number of nitrogens with zero attached hydrogens (tertiary/aromatic N) is 8. The summed E-state index contributed by atoms with van der Waals surface area (Å²) < 4.78 is 3.21. The maximum atomic E-state index is 5.68. The molecule has 0 spiro atoms. The zero-order valence-electron chi connectivity index (χ0n) is 9.46. The summed E-state index contributed by atoms with van der Waals surface area (Å²) in [6, 6.07) is 0. The van der Waals surface area contributed by atoms with Gasteiger partial charge in [-0.25, -0.2) is 9.67 Å². The van der Waals surface area contributed by atoms with Crippen molar-refractivity contribution in [1.29, 1.82) is 0 Å². The van der Waals surface area contributed by atoms with Gasteiger partial charge in [-0.1, -0.05) is 5.21 Å². The minimum atomic E-state index is 0.130. The van der Waals surface area contributed by atoms with E-state index in [1.165, 1.54) is 0 Å². The second-order valence-corrected chi connectivity index (χ2v) is 3.53. The van der Waals surface area contributed by atoms with Crippen molar-refractivity contribution < 1.29 is 0 Å². The van der Waals surface area contributed by atoms with Crippen LogP contribution in [0.2, 0.25) is 0 Å². The molecule has 0 saturated heterocycles. The molecule has 0 bridgehead atoms. The molecule has 0 unspecified atom stereocenters. The zero-order valence-corrected chi connectivity index (χ0v) is 9.46. The Morgan fingerprint density at radius 1 is 1.22 bits per heavy atom. The Labute approximate surface area is 101 Å². The van der Waals surface area contributed by atoms with E-state index in [-0.39, 0.29) is 5.95 Å². The van der Waals surface area contributed by atoms with Crippen LogP contribution < -0.4 is 5.73 Å². The molecule has 0 aliphatic heterocycles. The Bertz CT molecular complexity index is 669. The Hall–Kier alpha value is -2.84. The van der Waals surface area contributed by atoms with E-state index in [1.54, 1.807) is 41.2 Å². The van der Waals surface area contributed by atoms with Gasteiger partial charge in [0.1, 0.15) is 12.0 Å². The van der Waals surface area contributed by atoms with Crippen molar-refractivity contribution in [3.63, 3.8) is 0 Å². The van der Waals surface area contributed by atoms with Crippen molar-refractivity contribution in [2.45, 2.75) is 0 Å². The molecular formula is C9H9N9. The molecule has 3 aromatic heterocycles. The normalized spacial score (nSPS) is 10.7. The lowest BCUT2D eigenvalue weighted by molar-refractivity contribution is 0.716. The second kappa shape index (κ2) is 3.87. The van der Waals surface area contributed by atoms with Crippen LogP contribution in [0.4, 0.5) is 5.95 Å². The Morgan fingerprint density at radius 2 is 2.11 bits per heavy atom. The molecule has 0 amide bonds. The number of hydrogen-bond acceptors (Lipinski definition) is 7. The van der Waals surface area contributed by atoms with Gasteiger partial charge >= 0.3 is 0 Å². The van der Waals surface area contributed by atoms with E-state index < -0.39 is 0 Å². The maximum Gasteiger partial charge on any atom is 0.240 e. The summed E-state index contributed by atoms with van der Waals surface area (Å²) >= 11 is 0. The zero-order chi connectivity index (χ0) is 12.5. The van der Waals surface area contributed by atoms with Crippen LogP contribution in [0, 0.1) is 0 Å². The number of rotatable bonds is 2.